The molecule has 0 unspecified atom stereocenters. The fourth-order valence-electron chi connectivity index (χ4n) is 3.88. The molecule has 0 amide bonds. The Morgan fingerprint density at radius 1 is 1.14 bits per heavy atom. The largest absolute Gasteiger partial charge is 0.293 e. The summed E-state index contributed by atoms with van der Waals surface area (Å²) in [6.45, 7) is 8.10. The molecule has 0 fully saturated rings. The number of anilines is 1. The molecule has 0 aliphatic rings. The SMILES string of the molecule is CCC(CC)c1cc(C)n2nc(-c3ccc(NS(C)(=O)=O)cc3C)n(C)c(=O)c12. The Morgan fingerprint density at radius 2 is 1.79 bits per heavy atom. The van der Waals surface area contributed by atoms with E-state index in [0.717, 1.165) is 41.5 Å². The van der Waals surface area contributed by atoms with Gasteiger partial charge in [-0.3, -0.25) is 14.1 Å². The lowest BCUT2D eigenvalue weighted by Gasteiger charge is -2.15. The van der Waals surface area contributed by atoms with Crippen LogP contribution in [0.5, 0.6) is 0 Å². The van der Waals surface area contributed by atoms with E-state index < -0.39 is 10.0 Å². The molecule has 0 spiro atoms. The average Bonchev–Trinajstić information content (AvgIpc) is 2.95. The minimum absolute atomic E-state index is 0.0808. The van der Waals surface area contributed by atoms with Gasteiger partial charge in [0.15, 0.2) is 5.82 Å². The Morgan fingerprint density at radius 3 is 2.34 bits per heavy atom. The van der Waals surface area contributed by atoms with E-state index in [-0.39, 0.29) is 5.56 Å². The van der Waals surface area contributed by atoms with Crippen LogP contribution in [-0.4, -0.2) is 28.9 Å². The van der Waals surface area contributed by atoms with Crippen LogP contribution in [0, 0.1) is 13.8 Å². The van der Waals surface area contributed by atoms with Crippen LogP contribution in [0.3, 0.4) is 0 Å². The number of hydrogen-bond donors (Lipinski definition) is 1. The summed E-state index contributed by atoms with van der Waals surface area (Å²) in [6, 6.07) is 7.27. The maximum absolute atomic E-state index is 13.3. The minimum atomic E-state index is -3.36. The zero-order valence-corrected chi connectivity index (χ0v) is 18.6. The Kier molecular flexibility index (Phi) is 5.58. The summed E-state index contributed by atoms with van der Waals surface area (Å²) in [5.41, 5.74) is 4.62. The van der Waals surface area contributed by atoms with Gasteiger partial charge in [0, 0.05) is 24.0 Å². The summed E-state index contributed by atoms with van der Waals surface area (Å²) >= 11 is 0. The van der Waals surface area contributed by atoms with Gasteiger partial charge in [-0.05, 0) is 68.0 Å². The molecular weight excluding hydrogens is 388 g/mol. The van der Waals surface area contributed by atoms with E-state index in [1.165, 1.54) is 0 Å². The molecule has 8 heteroatoms. The van der Waals surface area contributed by atoms with Crippen LogP contribution in [0.4, 0.5) is 5.69 Å². The van der Waals surface area contributed by atoms with E-state index in [4.69, 9.17) is 5.10 Å². The first kappa shape index (κ1) is 21.1. The van der Waals surface area contributed by atoms with E-state index >= 15 is 0 Å². The van der Waals surface area contributed by atoms with Crippen LogP contribution in [0.2, 0.25) is 0 Å². The van der Waals surface area contributed by atoms with Gasteiger partial charge in [0.05, 0.1) is 6.26 Å². The molecule has 29 heavy (non-hydrogen) atoms. The van der Waals surface area contributed by atoms with Crippen molar-refractivity contribution in [1.29, 1.82) is 0 Å². The van der Waals surface area contributed by atoms with E-state index in [1.54, 1.807) is 34.3 Å². The topological polar surface area (TPSA) is 85.5 Å². The molecule has 0 aliphatic heterocycles. The zero-order chi connectivity index (χ0) is 21.5. The second-order valence-electron chi connectivity index (χ2n) is 7.61. The van der Waals surface area contributed by atoms with Crippen molar-refractivity contribution in [2.75, 3.05) is 11.0 Å². The molecule has 0 radical (unpaired) electrons. The fraction of sp³-hybridized carbons (Fsp3) is 0.429. The van der Waals surface area contributed by atoms with E-state index in [1.807, 2.05) is 13.8 Å². The first-order chi connectivity index (χ1) is 13.6. The van der Waals surface area contributed by atoms with Crippen molar-refractivity contribution >= 4 is 21.2 Å². The summed E-state index contributed by atoms with van der Waals surface area (Å²) in [5.74, 6) is 0.864. The van der Waals surface area contributed by atoms with Gasteiger partial charge in [0.2, 0.25) is 10.0 Å². The molecule has 0 saturated carbocycles. The highest BCUT2D eigenvalue weighted by atomic mass is 32.2. The van der Waals surface area contributed by atoms with Crippen molar-refractivity contribution < 1.29 is 8.42 Å². The third-order valence-electron chi connectivity index (χ3n) is 5.40. The summed E-state index contributed by atoms with van der Waals surface area (Å²) in [6.07, 6.45) is 3.05. The van der Waals surface area contributed by atoms with Gasteiger partial charge in [0.25, 0.3) is 5.56 Å². The molecular formula is C21H28N4O3S. The highest BCUT2D eigenvalue weighted by Crippen LogP contribution is 2.29. The maximum Gasteiger partial charge on any atom is 0.278 e. The van der Waals surface area contributed by atoms with Gasteiger partial charge in [0.1, 0.15) is 5.52 Å². The minimum Gasteiger partial charge on any atom is -0.293 e. The Balaban J connectivity index is 2.21. The monoisotopic (exact) mass is 416 g/mol. The van der Waals surface area contributed by atoms with Crippen LogP contribution in [-0.2, 0) is 17.1 Å². The van der Waals surface area contributed by atoms with Crippen LogP contribution in [0.15, 0.2) is 29.1 Å². The van der Waals surface area contributed by atoms with Crippen LogP contribution in [0.25, 0.3) is 16.9 Å². The Hall–Kier alpha value is -2.61. The predicted molar refractivity (Wildman–Crippen MR) is 117 cm³/mol. The van der Waals surface area contributed by atoms with Crippen molar-refractivity contribution in [1.82, 2.24) is 14.2 Å². The highest BCUT2D eigenvalue weighted by molar-refractivity contribution is 7.92. The molecule has 3 rings (SSSR count). The number of sulfonamides is 1. The molecule has 0 saturated heterocycles. The summed E-state index contributed by atoms with van der Waals surface area (Å²) in [4.78, 5) is 13.3. The highest BCUT2D eigenvalue weighted by Gasteiger charge is 2.21. The van der Waals surface area contributed by atoms with Crippen molar-refractivity contribution in [2.45, 2.75) is 46.5 Å². The Bertz CT molecular complexity index is 1240. The number of benzene rings is 1. The molecule has 0 atom stereocenters. The maximum atomic E-state index is 13.3. The predicted octanol–water partition coefficient (Wildman–Crippen LogP) is 3.59. The quantitative estimate of drug-likeness (QED) is 0.665. The van der Waals surface area contributed by atoms with Gasteiger partial charge in [-0.2, -0.15) is 0 Å². The van der Waals surface area contributed by atoms with Crippen LogP contribution in [0.1, 0.15) is 49.4 Å². The molecule has 2 aromatic heterocycles. The molecule has 0 aliphatic carbocycles. The van der Waals surface area contributed by atoms with E-state index in [2.05, 4.69) is 24.6 Å². The number of nitrogens with zero attached hydrogens (tertiary/aromatic N) is 3. The Labute approximate surface area is 171 Å². The number of nitrogens with one attached hydrogen (secondary N) is 1. The smallest absolute Gasteiger partial charge is 0.278 e. The fourth-order valence-corrected chi connectivity index (χ4v) is 4.43. The molecule has 3 aromatic rings. The normalized spacial score (nSPS) is 12.1. The van der Waals surface area contributed by atoms with Crippen LogP contribution < -0.4 is 10.3 Å². The molecule has 1 N–H and O–H groups in total. The zero-order valence-electron chi connectivity index (χ0n) is 17.8. The van der Waals surface area contributed by atoms with Crippen LogP contribution >= 0.6 is 0 Å². The third-order valence-corrected chi connectivity index (χ3v) is 6.01. The lowest BCUT2D eigenvalue weighted by Crippen LogP contribution is -2.24. The average molecular weight is 417 g/mol. The number of fused-ring (bicyclic) bond motifs is 1. The third kappa shape index (κ3) is 3.94. The molecule has 1 aromatic carbocycles. The van der Waals surface area contributed by atoms with Crippen molar-refractivity contribution in [3.63, 3.8) is 0 Å². The van der Waals surface area contributed by atoms with Crippen molar-refractivity contribution in [3.8, 4) is 11.4 Å². The van der Waals surface area contributed by atoms with Crippen molar-refractivity contribution in [2.24, 2.45) is 7.05 Å². The molecule has 156 valence electrons. The second kappa shape index (κ2) is 7.67. The van der Waals surface area contributed by atoms with Gasteiger partial charge in [-0.25, -0.2) is 12.9 Å². The summed E-state index contributed by atoms with van der Waals surface area (Å²) in [7, 11) is -1.63. The van der Waals surface area contributed by atoms with Crippen molar-refractivity contribution in [3.05, 3.63) is 51.4 Å². The van der Waals surface area contributed by atoms with Gasteiger partial charge >= 0.3 is 0 Å². The van der Waals surface area contributed by atoms with Gasteiger partial charge in [-0.1, -0.05) is 13.8 Å². The lowest BCUT2D eigenvalue weighted by molar-refractivity contribution is 0.607. The van der Waals surface area contributed by atoms with E-state index in [9.17, 15) is 13.2 Å². The standard InChI is InChI=1S/C21H28N4O3S/c1-7-15(8-2)18-12-14(4)25-19(18)21(26)24(5)20(22-25)17-10-9-16(11-13(17)3)23-29(6,27)28/h9-12,15,23H,7-8H2,1-6H3. The number of rotatable bonds is 6. The van der Waals surface area contributed by atoms with E-state index in [0.29, 0.717) is 22.9 Å². The molecule has 0 bridgehead atoms. The lowest BCUT2D eigenvalue weighted by atomic mass is 9.95. The summed E-state index contributed by atoms with van der Waals surface area (Å²) in [5, 5.41) is 4.78. The van der Waals surface area contributed by atoms with Gasteiger partial charge in [-0.15, -0.1) is 5.10 Å². The number of aryl methyl sites for hydroxylation is 2. The number of aromatic nitrogens is 3. The molecule has 7 nitrogen and oxygen atoms in total. The summed E-state index contributed by atoms with van der Waals surface area (Å²) < 4.78 is 28.8. The van der Waals surface area contributed by atoms with Gasteiger partial charge < -0.3 is 0 Å². The first-order valence-electron chi connectivity index (χ1n) is 9.75. The second-order valence-corrected chi connectivity index (χ2v) is 9.36. The first-order valence-corrected chi connectivity index (χ1v) is 11.6. The molecule has 2 heterocycles. The number of hydrogen-bond acceptors (Lipinski definition) is 4.